The van der Waals surface area contributed by atoms with Gasteiger partial charge in [0.15, 0.2) is 15.4 Å². The molecule has 2 aromatic carbocycles. The van der Waals surface area contributed by atoms with E-state index in [0.29, 0.717) is 6.07 Å². The number of anilines is 1. The van der Waals surface area contributed by atoms with Gasteiger partial charge in [-0.15, -0.1) is 0 Å². The second kappa shape index (κ2) is 7.81. The molecule has 2 aromatic rings. The molecule has 2 rings (SSSR count). The Hall–Kier alpha value is -2.97. The number of nitriles is 1. The molecule has 29 heavy (non-hydrogen) atoms. The number of carbonyl (C=O) groups is 1. The lowest BCUT2D eigenvalue weighted by atomic mass is 10.1. The van der Waals surface area contributed by atoms with Gasteiger partial charge >= 0.3 is 6.18 Å². The van der Waals surface area contributed by atoms with E-state index in [-0.39, 0.29) is 10.5 Å². The van der Waals surface area contributed by atoms with Crippen LogP contribution in [0.2, 0.25) is 0 Å². The zero-order valence-corrected chi connectivity index (χ0v) is 15.6. The number of nitrogens with one attached hydrogen (secondary N) is 1. The lowest BCUT2D eigenvalue weighted by Gasteiger charge is -2.23. The Bertz CT molecular complexity index is 1070. The molecule has 0 saturated heterocycles. The lowest BCUT2D eigenvalue weighted by Crippen LogP contribution is -2.46. The van der Waals surface area contributed by atoms with Crippen LogP contribution in [0.5, 0.6) is 0 Å². The molecular formula is C18H14F4N2O4S. The molecule has 0 aromatic heterocycles. The highest BCUT2D eigenvalue weighted by molar-refractivity contribution is 7.91. The predicted octanol–water partition coefficient (Wildman–Crippen LogP) is 2.88. The molecule has 0 heterocycles. The van der Waals surface area contributed by atoms with Gasteiger partial charge in [0.25, 0.3) is 5.91 Å². The second-order valence-electron chi connectivity index (χ2n) is 6.31. The van der Waals surface area contributed by atoms with Gasteiger partial charge in [-0.05, 0) is 49.4 Å². The van der Waals surface area contributed by atoms with E-state index >= 15 is 0 Å². The number of hydrogen-bond acceptors (Lipinski definition) is 5. The molecule has 0 aliphatic rings. The minimum absolute atomic E-state index is 0.305. The van der Waals surface area contributed by atoms with E-state index in [1.165, 1.54) is 6.07 Å². The molecule has 0 saturated carbocycles. The lowest BCUT2D eigenvalue weighted by molar-refractivity contribution is -0.137. The van der Waals surface area contributed by atoms with Gasteiger partial charge in [0, 0.05) is 0 Å². The predicted molar refractivity (Wildman–Crippen MR) is 93.9 cm³/mol. The SMILES string of the molecule is C[C@](O)(CS(=O)(=O)c1ccc(F)cc1)C(=O)Nc1ccc(C#N)cc1C(F)(F)F. The smallest absolute Gasteiger partial charge is 0.379 e. The van der Waals surface area contributed by atoms with Crippen LogP contribution in [0.25, 0.3) is 0 Å². The molecule has 0 fully saturated rings. The van der Waals surface area contributed by atoms with Crippen molar-refractivity contribution in [3.05, 3.63) is 59.4 Å². The maximum atomic E-state index is 13.2. The molecule has 0 unspecified atom stereocenters. The highest BCUT2D eigenvalue weighted by atomic mass is 32.2. The molecule has 0 aliphatic heterocycles. The molecule has 0 radical (unpaired) electrons. The standard InChI is InChI=1S/C18H14F4N2O4S/c1-17(26,10-29(27,28)13-5-3-12(19)4-6-13)16(25)24-15-7-2-11(9-23)8-14(15)18(20,21)22/h2-8,26H,10H2,1H3,(H,24,25)/t17-/m0/s1. The number of aliphatic hydroxyl groups is 1. The first-order chi connectivity index (χ1) is 13.3. The number of halogens is 4. The summed E-state index contributed by atoms with van der Waals surface area (Å²) in [5.74, 6) is -3.26. The van der Waals surface area contributed by atoms with Gasteiger partial charge in [0.2, 0.25) is 0 Å². The fourth-order valence-corrected chi connectivity index (χ4v) is 3.96. The zero-order chi connectivity index (χ0) is 22.0. The first kappa shape index (κ1) is 22.3. The molecular weight excluding hydrogens is 416 g/mol. The van der Waals surface area contributed by atoms with Crippen LogP contribution in [-0.4, -0.2) is 30.8 Å². The summed E-state index contributed by atoms with van der Waals surface area (Å²) in [6, 6.07) is 7.50. The minimum Gasteiger partial charge on any atom is -0.379 e. The van der Waals surface area contributed by atoms with Gasteiger partial charge in [-0.1, -0.05) is 0 Å². The van der Waals surface area contributed by atoms with Gasteiger partial charge in [-0.3, -0.25) is 4.79 Å². The Morgan fingerprint density at radius 1 is 1.17 bits per heavy atom. The maximum absolute atomic E-state index is 13.2. The van der Waals surface area contributed by atoms with Crippen LogP contribution < -0.4 is 5.32 Å². The highest BCUT2D eigenvalue weighted by Crippen LogP contribution is 2.36. The van der Waals surface area contributed by atoms with Crippen molar-refractivity contribution in [1.82, 2.24) is 0 Å². The molecule has 1 amide bonds. The van der Waals surface area contributed by atoms with E-state index in [1.807, 2.05) is 5.32 Å². The third-order valence-corrected chi connectivity index (χ3v) is 5.77. The fourth-order valence-electron chi connectivity index (χ4n) is 2.38. The third-order valence-electron chi connectivity index (χ3n) is 3.84. The van der Waals surface area contributed by atoms with E-state index in [9.17, 15) is 35.9 Å². The number of nitrogens with zero attached hydrogens (tertiary/aromatic N) is 1. The van der Waals surface area contributed by atoms with Crippen LogP contribution in [0.15, 0.2) is 47.4 Å². The van der Waals surface area contributed by atoms with E-state index in [1.54, 1.807) is 0 Å². The molecule has 0 aliphatic carbocycles. The minimum atomic E-state index is -4.92. The largest absolute Gasteiger partial charge is 0.418 e. The number of rotatable bonds is 5. The van der Waals surface area contributed by atoms with E-state index in [4.69, 9.17) is 5.26 Å². The van der Waals surface area contributed by atoms with Gasteiger partial charge in [-0.25, -0.2) is 12.8 Å². The molecule has 2 N–H and O–H groups in total. The quantitative estimate of drug-likeness (QED) is 0.560. The third kappa shape index (κ3) is 5.30. The van der Waals surface area contributed by atoms with E-state index in [2.05, 4.69) is 0 Å². The summed E-state index contributed by atoms with van der Waals surface area (Å²) >= 11 is 0. The van der Waals surface area contributed by atoms with Crippen LogP contribution in [-0.2, 0) is 20.8 Å². The summed E-state index contributed by atoms with van der Waals surface area (Å²) in [5, 5.41) is 20.9. The zero-order valence-electron chi connectivity index (χ0n) is 14.8. The summed E-state index contributed by atoms with van der Waals surface area (Å²) < 4.78 is 77.2. The molecule has 154 valence electrons. The Morgan fingerprint density at radius 2 is 1.76 bits per heavy atom. The summed E-state index contributed by atoms with van der Waals surface area (Å²) in [6.07, 6.45) is -4.92. The number of carbonyl (C=O) groups excluding carboxylic acids is 1. The topological polar surface area (TPSA) is 107 Å². The molecule has 1 atom stereocenters. The molecule has 0 spiro atoms. The Balaban J connectivity index is 2.30. The van der Waals surface area contributed by atoms with Gasteiger partial charge in [-0.2, -0.15) is 18.4 Å². The Kier molecular flexibility index (Phi) is 6.01. The van der Waals surface area contributed by atoms with Gasteiger partial charge < -0.3 is 10.4 Å². The first-order valence-electron chi connectivity index (χ1n) is 7.90. The van der Waals surface area contributed by atoms with Crippen molar-refractivity contribution in [2.45, 2.75) is 23.6 Å². The molecule has 0 bridgehead atoms. The Labute approximate surface area is 163 Å². The van der Waals surface area contributed by atoms with E-state index in [0.717, 1.165) is 43.3 Å². The second-order valence-corrected chi connectivity index (χ2v) is 8.30. The van der Waals surface area contributed by atoms with Crippen molar-refractivity contribution in [3.8, 4) is 6.07 Å². The van der Waals surface area contributed by atoms with Crippen molar-refractivity contribution in [2.75, 3.05) is 11.1 Å². The number of alkyl halides is 3. The fraction of sp³-hybridized carbons (Fsp3) is 0.222. The number of amides is 1. The van der Waals surface area contributed by atoms with Crippen molar-refractivity contribution in [1.29, 1.82) is 5.26 Å². The number of benzene rings is 2. The van der Waals surface area contributed by atoms with Crippen molar-refractivity contribution < 1.29 is 35.9 Å². The summed E-state index contributed by atoms with van der Waals surface area (Å²) in [6.45, 7) is 0.820. The van der Waals surface area contributed by atoms with Crippen LogP contribution in [0, 0.1) is 17.1 Å². The summed E-state index contributed by atoms with van der Waals surface area (Å²) in [5.41, 5.74) is -4.99. The normalized spacial score (nSPS) is 14.0. The van der Waals surface area contributed by atoms with Crippen molar-refractivity contribution >= 4 is 21.4 Å². The molecule has 6 nitrogen and oxygen atoms in total. The van der Waals surface area contributed by atoms with Gasteiger partial charge in [0.1, 0.15) is 5.82 Å². The van der Waals surface area contributed by atoms with Crippen LogP contribution in [0.1, 0.15) is 18.1 Å². The summed E-state index contributed by atoms with van der Waals surface area (Å²) in [7, 11) is -4.26. The maximum Gasteiger partial charge on any atom is 0.418 e. The van der Waals surface area contributed by atoms with E-state index < -0.39 is 50.3 Å². The van der Waals surface area contributed by atoms with Crippen LogP contribution in [0.3, 0.4) is 0 Å². The first-order valence-corrected chi connectivity index (χ1v) is 9.55. The number of hydrogen-bond donors (Lipinski definition) is 2. The number of sulfone groups is 1. The average Bonchev–Trinajstić information content (AvgIpc) is 2.60. The van der Waals surface area contributed by atoms with Crippen LogP contribution in [0.4, 0.5) is 23.2 Å². The van der Waals surface area contributed by atoms with Crippen LogP contribution >= 0.6 is 0 Å². The highest BCUT2D eigenvalue weighted by Gasteiger charge is 2.39. The average molecular weight is 430 g/mol. The monoisotopic (exact) mass is 430 g/mol. The van der Waals surface area contributed by atoms with Gasteiger partial charge in [0.05, 0.1) is 33.5 Å². The Morgan fingerprint density at radius 3 is 2.28 bits per heavy atom. The van der Waals surface area contributed by atoms with Crippen molar-refractivity contribution in [3.63, 3.8) is 0 Å². The molecule has 11 heteroatoms. The summed E-state index contributed by atoms with van der Waals surface area (Å²) in [4.78, 5) is 11.9. The van der Waals surface area contributed by atoms with Crippen molar-refractivity contribution in [2.24, 2.45) is 0 Å².